The van der Waals surface area contributed by atoms with Crippen LogP contribution in [0.5, 0.6) is 0 Å². The van der Waals surface area contributed by atoms with Crippen molar-refractivity contribution in [1.29, 1.82) is 0 Å². The maximum absolute atomic E-state index is 12.6. The molecule has 1 aliphatic carbocycles. The third kappa shape index (κ3) is 3.35. The number of aromatic nitrogens is 1. The Morgan fingerprint density at radius 3 is 2.75 bits per heavy atom. The summed E-state index contributed by atoms with van der Waals surface area (Å²) in [6, 6.07) is 9.03. The molecule has 4 nitrogen and oxygen atoms in total. The zero-order chi connectivity index (χ0) is 16.9. The minimum atomic E-state index is -0.223. The largest absolute Gasteiger partial charge is 0.350 e. The Kier molecular flexibility index (Phi) is 5.00. The van der Waals surface area contributed by atoms with Crippen LogP contribution >= 0.6 is 0 Å². The number of amides is 1. The van der Waals surface area contributed by atoms with E-state index in [1.807, 2.05) is 18.2 Å². The molecule has 0 radical (unpaired) electrons. The maximum Gasteiger partial charge on any atom is 0.268 e. The summed E-state index contributed by atoms with van der Waals surface area (Å²) in [6.07, 6.45) is 11.5. The molecule has 0 saturated heterocycles. The molecule has 1 aliphatic rings. The fourth-order valence-electron chi connectivity index (χ4n) is 3.45. The van der Waals surface area contributed by atoms with Crippen LogP contribution in [0.2, 0.25) is 0 Å². The van der Waals surface area contributed by atoms with Gasteiger partial charge in [-0.25, -0.2) is 0 Å². The number of pyridine rings is 1. The van der Waals surface area contributed by atoms with E-state index in [2.05, 4.69) is 11.2 Å². The van der Waals surface area contributed by atoms with Crippen LogP contribution in [0, 0.1) is 18.3 Å². The third-order valence-electron chi connectivity index (χ3n) is 4.78. The number of carbonyl (C=O) groups is 1. The van der Waals surface area contributed by atoms with Crippen molar-refractivity contribution in [3.8, 4) is 12.3 Å². The standard InChI is InChI=1S/C20H22N2O2/c1-2-12-22-18(13-16-10-6-7-11-17(16)20(22)24)19(23)21-14-15-8-4-3-5-9-15/h1,6-7,10-11,13,15H,3-5,8-9,12,14H2,(H,21,23). The zero-order valence-electron chi connectivity index (χ0n) is 13.8. The molecule has 3 rings (SSSR count). The van der Waals surface area contributed by atoms with Crippen molar-refractivity contribution < 1.29 is 4.79 Å². The quantitative estimate of drug-likeness (QED) is 0.880. The molecule has 1 fully saturated rings. The summed E-state index contributed by atoms with van der Waals surface area (Å²) >= 11 is 0. The number of benzene rings is 1. The van der Waals surface area contributed by atoms with Gasteiger partial charge in [-0.3, -0.25) is 14.2 Å². The Bertz CT molecular complexity index is 839. The second kappa shape index (κ2) is 7.35. The van der Waals surface area contributed by atoms with Crippen LogP contribution in [0.4, 0.5) is 0 Å². The molecule has 1 aromatic carbocycles. The first-order chi connectivity index (χ1) is 11.7. The molecule has 1 N–H and O–H groups in total. The molecule has 24 heavy (non-hydrogen) atoms. The summed E-state index contributed by atoms with van der Waals surface area (Å²) < 4.78 is 1.39. The number of hydrogen-bond donors (Lipinski definition) is 1. The molecule has 124 valence electrons. The lowest BCUT2D eigenvalue weighted by molar-refractivity contribution is 0.0934. The minimum Gasteiger partial charge on any atom is -0.350 e. The highest BCUT2D eigenvalue weighted by atomic mass is 16.2. The number of hydrogen-bond acceptors (Lipinski definition) is 2. The fourth-order valence-corrected chi connectivity index (χ4v) is 3.45. The first kappa shape index (κ1) is 16.3. The molecule has 1 amide bonds. The van der Waals surface area contributed by atoms with Crippen LogP contribution in [0.15, 0.2) is 35.1 Å². The molecule has 0 unspecified atom stereocenters. The smallest absolute Gasteiger partial charge is 0.268 e. The van der Waals surface area contributed by atoms with E-state index < -0.39 is 0 Å². The molecule has 1 heterocycles. The minimum absolute atomic E-state index is 0.0931. The van der Waals surface area contributed by atoms with Gasteiger partial charge in [0.25, 0.3) is 11.5 Å². The summed E-state index contributed by atoms with van der Waals surface area (Å²) in [4.78, 5) is 25.3. The average Bonchev–Trinajstić information content (AvgIpc) is 2.63. The van der Waals surface area contributed by atoms with Crippen molar-refractivity contribution in [2.75, 3.05) is 6.54 Å². The monoisotopic (exact) mass is 322 g/mol. The zero-order valence-corrected chi connectivity index (χ0v) is 13.8. The van der Waals surface area contributed by atoms with Gasteiger partial charge in [-0.15, -0.1) is 6.42 Å². The highest BCUT2D eigenvalue weighted by Gasteiger charge is 2.18. The highest BCUT2D eigenvalue weighted by Crippen LogP contribution is 2.23. The lowest BCUT2D eigenvalue weighted by Crippen LogP contribution is -2.35. The number of rotatable bonds is 4. The molecule has 0 bridgehead atoms. The summed E-state index contributed by atoms with van der Waals surface area (Å²) in [7, 11) is 0. The van der Waals surface area contributed by atoms with Crippen molar-refractivity contribution in [2.24, 2.45) is 5.92 Å². The van der Waals surface area contributed by atoms with E-state index in [4.69, 9.17) is 6.42 Å². The molecule has 0 aliphatic heterocycles. The van der Waals surface area contributed by atoms with Crippen molar-refractivity contribution >= 4 is 16.7 Å². The van der Waals surface area contributed by atoms with E-state index in [9.17, 15) is 9.59 Å². The van der Waals surface area contributed by atoms with Gasteiger partial charge in [0.2, 0.25) is 0 Å². The van der Waals surface area contributed by atoms with Crippen molar-refractivity contribution in [2.45, 2.75) is 38.6 Å². The predicted molar refractivity (Wildman–Crippen MR) is 95.9 cm³/mol. The Balaban J connectivity index is 1.89. The Morgan fingerprint density at radius 1 is 1.25 bits per heavy atom. The number of fused-ring (bicyclic) bond motifs is 1. The fraction of sp³-hybridized carbons (Fsp3) is 0.400. The van der Waals surface area contributed by atoms with E-state index in [0.29, 0.717) is 23.5 Å². The molecule has 4 heteroatoms. The highest BCUT2D eigenvalue weighted by molar-refractivity contribution is 5.96. The van der Waals surface area contributed by atoms with Crippen LogP contribution in [0.25, 0.3) is 10.8 Å². The summed E-state index contributed by atoms with van der Waals surface area (Å²) in [5.41, 5.74) is 0.126. The van der Waals surface area contributed by atoms with Crippen LogP contribution in [0.3, 0.4) is 0 Å². The number of nitrogens with zero attached hydrogens (tertiary/aromatic N) is 1. The molecular weight excluding hydrogens is 300 g/mol. The van der Waals surface area contributed by atoms with E-state index in [1.165, 1.54) is 23.8 Å². The van der Waals surface area contributed by atoms with Gasteiger partial charge in [0, 0.05) is 11.9 Å². The predicted octanol–water partition coefficient (Wildman–Crippen LogP) is 2.94. The molecule has 1 saturated carbocycles. The molecule has 0 atom stereocenters. The van der Waals surface area contributed by atoms with E-state index in [1.54, 1.807) is 12.1 Å². The van der Waals surface area contributed by atoms with Crippen LogP contribution < -0.4 is 10.9 Å². The van der Waals surface area contributed by atoms with Gasteiger partial charge in [0.15, 0.2) is 0 Å². The molecule has 2 aromatic rings. The van der Waals surface area contributed by atoms with Crippen LogP contribution in [-0.4, -0.2) is 17.0 Å². The SMILES string of the molecule is C#CCn1c(C(=O)NCC2CCCCC2)cc2ccccc2c1=O. The van der Waals surface area contributed by atoms with Gasteiger partial charge >= 0.3 is 0 Å². The number of carbonyl (C=O) groups excluding carboxylic acids is 1. The normalized spacial score (nSPS) is 15.1. The van der Waals surface area contributed by atoms with Gasteiger partial charge < -0.3 is 5.32 Å². The second-order valence-corrected chi connectivity index (χ2v) is 6.43. The van der Waals surface area contributed by atoms with Crippen molar-refractivity contribution in [3.05, 3.63) is 46.4 Å². The summed E-state index contributed by atoms with van der Waals surface area (Å²) in [5, 5.41) is 4.33. The van der Waals surface area contributed by atoms with Crippen LogP contribution in [0.1, 0.15) is 42.6 Å². The number of nitrogens with one attached hydrogen (secondary N) is 1. The molecule has 0 spiro atoms. The van der Waals surface area contributed by atoms with Gasteiger partial charge in [-0.05, 0) is 36.3 Å². The van der Waals surface area contributed by atoms with Gasteiger partial charge in [-0.1, -0.05) is 43.4 Å². The Labute approximate surface area is 141 Å². The molecular formula is C20H22N2O2. The molecule has 1 aromatic heterocycles. The van der Waals surface area contributed by atoms with E-state index >= 15 is 0 Å². The maximum atomic E-state index is 12.6. The van der Waals surface area contributed by atoms with Crippen molar-refractivity contribution in [1.82, 2.24) is 9.88 Å². The van der Waals surface area contributed by atoms with Gasteiger partial charge in [-0.2, -0.15) is 0 Å². The van der Waals surface area contributed by atoms with Crippen LogP contribution in [-0.2, 0) is 6.54 Å². The summed E-state index contributed by atoms with van der Waals surface area (Å²) in [6.45, 7) is 0.756. The number of terminal acetylenes is 1. The lowest BCUT2D eigenvalue weighted by Gasteiger charge is -2.22. The average molecular weight is 322 g/mol. The second-order valence-electron chi connectivity index (χ2n) is 6.43. The first-order valence-corrected chi connectivity index (χ1v) is 8.55. The van der Waals surface area contributed by atoms with Crippen molar-refractivity contribution in [3.63, 3.8) is 0 Å². The third-order valence-corrected chi connectivity index (χ3v) is 4.78. The van der Waals surface area contributed by atoms with Gasteiger partial charge in [0.1, 0.15) is 5.69 Å². The first-order valence-electron chi connectivity index (χ1n) is 8.55. The Hall–Kier alpha value is -2.54. The van der Waals surface area contributed by atoms with Gasteiger partial charge in [0.05, 0.1) is 6.54 Å². The Morgan fingerprint density at radius 2 is 2.00 bits per heavy atom. The van der Waals surface area contributed by atoms with E-state index in [0.717, 1.165) is 18.2 Å². The summed E-state index contributed by atoms with van der Waals surface area (Å²) in [5.74, 6) is 2.79. The topological polar surface area (TPSA) is 51.1 Å². The van der Waals surface area contributed by atoms with E-state index in [-0.39, 0.29) is 18.0 Å². The lowest BCUT2D eigenvalue weighted by atomic mass is 9.89.